The Kier molecular flexibility index (Phi) is 7.65. The molecule has 0 saturated heterocycles. The molecular formula is C25H22ClN3O2S2. The van der Waals surface area contributed by atoms with E-state index in [1.807, 2.05) is 86.6 Å². The van der Waals surface area contributed by atoms with E-state index in [-0.39, 0.29) is 11.2 Å². The van der Waals surface area contributed by atoms with Gasteiger partial charge in [0.1, 0.15) is 12.4 Å². The third-order valence-electron chi connectivity index (χ3n) is 4.88. The summed E-state index contributed by atoms with van der Waals surface area (Å²) in [6.07, 6.45) is 0. The minimum Gasteiger partial charge on any atom is -0.489 e. The summed E-state index contributed by atoms with van der Waals surface area (Å²) in [5.74, 6) is 0.565. The van der Waals surface area contributed by atoms with Crippen LogP contribution in [0, 0.1) is 0 Å². The first-order valence-corrected chi connectivity index (χ1v) is 12.4. The van der Waals surface area contributed by atoms with Gasteiger partial charge in [0.05, 0.1) is 21.2 Å². The SMILES string of the molecule is CC(=NNC(=O)C(C)Sc1nc2ccccc2s1)c1ccc(OCc2ccccc2Cl)cc1. The molecule has 1 heterocycles. The number of hydrogen-bond donors (Lipinski definition) is 1. The first kappa shape index (κ1) is 23.3. The number of carbonyl (C=O) groups excluding carboxylic acids is 1. The van der Waals surface area contributed by atoms with Gasteiger partial charge in [0, 0.05) is 10.6 Å². The van der Waals surface area contributed by atoms with E-state index in [2.05, 4.69) is 15.5 Å². The Morgan fingerprint density at radius 1 is 1.12 bits per heavy atom. The molecule has 33 heavy (non-hydrogen) atoms. The molecule has 1 N–H and O–H groups in total. The quantitative estimate of drug-likeness (QED) is 0.171. The highest BCUT2D eigenvalue weighted by molar-refractivity contribution is 8.02. The number of nitrogens with zero attached hydrogens (tertiary/aromatic N) is 2. The number of aromatic nitrogens is 1. The van der Waals surface area contributed by atoms with Gasteiger partial charge in [-0.3, -0.25) is 4.79 Å². The summed E-state index contributed by atoms with van der Waals surface area (Å²) in [7, 11) is 0. The predicted molar refractivity (Wildman–Crippen MR) is 138 cm³/mol. The van der Waals surface area contributed by atoms with E-state index >= 15 is 0 Å². The number of carbonyl (C=O) groups is 1. The molecule has 4 aromatic rings. The lowest BCUT2D eigenvalue weighted by molar-refractivity contribution is -0.120. The van der Waals surface area contributed by atoms with Gasteiger partial charge >= 0.3 is 0 Å². The van der Waals surface area contributed by atoms with Crippen molar-refractivity contribution in [2.45, 2.75) is 30.0 Å². The van der Waals surface area contributed by atoms with Crippen molar-refractivity contribution < 1.29 is 9.53 Å². The Labute approximate surface area is 205 Å². The van der Waals surface area contributed by atoms with Crippen molar-refractivity contribution in [2.75, 3.05) is 0 Å². The van der Waals surface area contributed by atoms with Crippen molar-refractivity contribution in [3.05, 3.63) is 88.9 Å². The first-order valence-electron chi connectivity index (χ1n) is 10.3. The molecule has 1 unspecified atom stereocenters. The molecule has 0 radical (unpaired) electrons. The van der Waals surface area contributed by atoms with Gasteiger partial charge in [0.15, 0.2) is 4.34 Å². The van der Waals surface area contributed by atoms with Gasteiger partial charge in [-0.25, -0.2) is 10.4 Å². The number of amides is 1. The Hall–Kier alpha value is -2.87. The summed E-state index contributed by atoms with van der Waals surface area (Å²) in [5.41, 5.74) is 6.14. The molecule has 1 amide bonds. The molecule has 1 atom stereocenters. The number of nitrogens with one attached hydrogen (secondary N) is 1. The second-order valence-electron chi connectivity index (χ2n) is 7.29. The van der Waals surface area contributed by atoms with Crippen molar-refractivity contribution in [2.24, 2.45) is 5.10 Å². The fourth-order valence-corrected chi connectivity index (χ4v) is 5.36. The standard InChI is InChI=1S/C25H22ClN3O2S2/c1-16(18-11-13-20(14-12-18)31-15-19-7-3-4-8-21(19)26)28-29-24(30)17(2)32-25-27-22-9-5-6-10-23(22)33-25/h3-14,17H,15H2,1-2H3,(H,29,30). The van der Waals surface area contributed by atoms with Crippen LogP contribution in [0.3, 0.4) is 0 Å². The van der Waals surface area contributed by atoms with Crippen LogP contribution in [-0.4, -0.2) is 21.9 Å². The molecule has 1 aromatic heterocycles. The second kappa shape index (κ2) is 10.8. The van der Waals surface area contributed by atoms with Gasteiger partial charge in [0.25, 0.3) is 5.91 Å². The number of rotatable bonds is 8. The number of fused-ring (bicyclic) bond motifs is 1. The maximum Gasteiger partial charge on any atom is 0.253 e. The van der Waals surface area contributed by atoms with Crippen LogP contribution in [-0.2, 0) is 11.4 Å². The molecule has 0 fully saturated rings. The van der Waals surface area contributed by atoms with Crippen LogP contribution in [0.15, 0.2) is 82.2 Å². The average molecular weight is 496 g/mol. The minimum atomic E-state index is -0.317. The van der Waals surface area contributed by atoms with E-state index in [1.54, 1.807) is 11.3 Å². The maximum atomic E-state index is 12.5. The van der Waals surface area contributed by atoms with Gasteiger partial charge in [-0.2, -0.15) is 5.10 Å². The Bertz CT molecular complexity index is 1260. The van der Waals surface area contributed by atoms with Gasteiger partial charge in [-0.15, -0.1) is 11.3 Å². The smallest absolute Gasteiger partial charge is 0.253 e. The Morgan fingerprint density at radius 2 is 1.85 bits per heavy atom. The molecule has 0 aliphatic heterocycles. The topological polar surface area (TPSA) is 63.6 Å². The maximum absolute atomic E-state index is 12.5. The van der Waals surface area contributed by atoms with E-state index in [9.17, 15) is 4.79 Å². The van der Waals surface area contributed by atoms with Gasteiger partial charge in [-0.1, -0.05) is 53.7 Å². The number of para-hydroxylation sites is 1. The number of hydrogen-bond acceptors (Lipinski definition) is 6. The van der Waals surface area contributed by atoms with Gasteiger partial charge < -0.3 is 4.74 Å². The number of halogens is 1. The molecule has 8 heteroatoms. The fourth-order valence-electron chi connectivity index (χ4n) is 2.97. The summed E-state index contributed by atoms with van der Waals surface area (Å²) in [6, 6.07) is 23.1. The molecule has 0 bridgehead atoms. The first-order chi connectivity index (χ1) is 16.0. The van der Waals surface area contributed by atoms with Gasteiger partial charge in [-0.05, 0) is 61.9 Å². The summed E-state index contributed by atoms with van der Waals surface area (Å²) in [6.45, 7) is 4.10. The van der Waals surface area contributed by atoms with Crippen molar-refractivity contribution >= 4 is 56.5 Å². The van der Waals surface area contributed by atoms with E-state index < -0.39 is 0 Å². The summed E-state index contributed by atoms with van der Waals surface area (Å²) < 4.78 is 7.79. The number of thioether (sulfide) groups is 1. The summed E-state index contributed by atoms with van der Waals surface area (Å²) >= 11 is 9.19. The number of thiazole rings is 1. The molecule has 168 valence electrons. The van der Waals surface area contributed by atoms with Crippen LogP contribution in [0.25, 0.3) is 10.2 Å². The molecule has 3 aromatic carbocycles. The number of benzene rings is 3. The van der Waals surface area contributed by atoms with Gasteiger partial charge in [0.2, 0.25) is 0 Å². The highest BCUT2D eigenvalue weighted by atomic mass is 35.5. The van der Waals surface area contributed by atoms with Crippen LogP contribution < -0.4 is 10.2 Å². The van der Waals surface area contributed by atoms with E-state index in [0.717, 1.165) is 31.4 Å². The van der Waals surface area contributed by atoms with E-state index in [1.165, 1.54) is 11.8 Å². The lowest BCUT2D eigenvalue weighted by atomic mass is 10.1. The zero-order chi connectivity index (χ0) is 23.2. The second-order valence-corrected chi connectivity index (χ2v) is 10.3. The molecule has 0 aliphatic carbocycles. The lowest BCUT2D eigenvalue weighted by Gasteiger charge is -2.09. The third kappa shape index (κ3) is 6.13. The van der Waals surface area contributed by atoms with Crippen LogP contribution in [0.5, 0.6) is 5.75 Å². The zero-order valence-electron chi connectivity index (χ0n) is 18.1. The highest BCUT2D eigenvalue weighted by Gasteiger charge is 2.16. The van der Waals surface area contributed by atoms with Crippen molar-refractivity contribution in [3.63, 3.8) is 0 Å². The van der Waals surface area contributed by atoms with Crippen LogP contribution in [0.2, 0.25) is 5.02 Å². The Balaban J connectivity index is 1.31. The largest absolute Gasteiger partial charge is 0.489 e. The average Bonchev–Trinajstić information content (AvgIpc) is 3.24. The summed E-state index contributed by atoms with van der Waals surface area (Å²) in [5, 5.41) is 4.63. The Morgan fingerprint density at radius 3 is 2.61 bits per heavy atom. The highest BCUT2D eigenvalue weighted by Crippen LogP contribution is 2.31. The monoisotopic (exact) mass is 495 g/mol. The van der Waals surface area contributed by atoms with Crippen LogP contribution >= 0.6 is 34.7 Å². The minimum absolute atomic E-state index is 0.168. The normalized spacial score (nSPS) is 12.5. The van der Waals surface area contributed by atoms with Crippen LogP contribution in [0.1, 0.15) is 25.0 Å². The molecule has 5 nitrogen and oxygen atoms in total. The third-order valence-corrected chi connectivity index (χ3v) is 7.48. The van der Waals surface area contributed by atoms with E-state index in [0.29, 0.717) is 17.3 Å². The van der Waals surface area contributed by atoms with E-state index in [4.69, 9.17) is 16.3 Å². The molecule has 0 saturated carbocycles. The van der Waals surface area contributed by atoms with Crippen molar-refractivity contribution in [1.29, 1.82) is 0 Å². The number of hydrazone groups is 1. The lowest BCUT2D eigenvalue weighted by Crippen LogP contribution is -2.27. The van der Waals surface area contributed by atoms with Crippen molar-refractivity contribution in [3.8, 4) is 5.75 Å². The molecule has 0 spiro atoms. The van der Waals surface area contributed by atoms with Crippen LogP contribution in [0.4, 0.5) is 0 Å². The molecule has 0 aliphatic rings. The fraction of sp³-hybridized carbons (Fsp3) is 0.160. The molecular weight excluding hydrogens is 474 g/mol. The van der Waals surface area contributed by atoms with Crippen molar-refractivity contribution in [1.82, 2.24) is 10.4 Å². The summed E-state index contributed by atoms with van der Waals surface area (Å²) in [4.78, 5) is 17.1. The molecule has 4 rings (SSSR count). The predicted octanol–water partition coefficient (Wildman–Crippen LogP) is 6.55. The zero-order valence-corrected chi connectivity index (χ0v) is 20.5. The number of ether oxygens (including phenoxy) is 1.